The average Bonchev–Trinajstić information content (AvgIpc) is 2.90. The molecule has 0 aliphatic heterocycles. The molecule has 1 amide bonds. The first kappa shape index (κ1) is 33.7. The summed E-state index contributed by atoms with van der Waals surface area (Å²) in [6.45, 7) is 16.6. The van der Waals surface area contributed by atoms with E-state index in [0.29, 0.717) is 5.57 Å². The Bertz CT molecular complexity index is 996. The predicted molar refractivity (Wildman–Crippen MR) is 160 cm³/mol. The van der Waals surface area contributed by atoms with E-state index in [1.807, 2.05) is 57.2 Å². The molecule has 2 aromatic carbocycles. The van der Waals surface area contributed by atoms with Crippen LogP contribution in [0.15, 0.2) is 72.8 Å². The second-order valence-electron chi connectivity index (χ2n) is 11.6. The number of carbonyl (C=O) groups is 1. The van der Waals surface area contributed by atoms with E-state index in [1.165, 1.54) is 0 Å². The number of alkyl carbamates (subject to hydrolysis) is 1. The van der Waals surface area contributed by atoms with Crippen LogP contribution in [0.4, 0.5) is 4.79 Å². The van der Waals surface area contributed by atoms with E-state index in [1.54, 1.807) is 14.2 Å². The Kier molecular flexibility index (Phi) is 13.0. The van der Waals surface area contributed by atoms with E-state index in [2.05, 4.69) is 56.9 Å². The second kappa shape index (κ2) is 15.5. The average molecular weight is 574 g/mol. The molecule has 0 aliphatic carbocycles. The highest BCUT2D eigenvalue weighted by atomic mass is 28.4. The van der Waals surface area contributed by atoms with Crippen LogP contribution in [-0.4, -0.2) is 73.2 Å². The van der Waals surface area contributed by atoms with Gasteiger partial charge >= 0.3 is 6.09 Å². The third kappa shape index (κ3) is 9.54. The first-order valence-electron chi connectivity index (χ1n) is 13.5. The Hall–Kier alpha value is -2.53. The van der Waals surface area contributed by atoms with Gasteiger partial charge in [-0.05, 0) is 41.8 Å². The molecule has 0 heterocycles. The number of rotatable bonds is 15. The van der Waals surface area contributed by atoms with E-state index >= 15 is 0 Å². The van der Waals surface area contributed by atoms with Crippen molar-refractivity contribution >= 4 is 24.8 Å². The molecule has 0 unspecified atom stereocenters. The lowest BCUT2D eigenvalue weighted by Gasteiger charge is -2.44. The Morgan fingerprint density at radius 3 is 1.80 bits per heavy atom. The van der Waals surface area contributed by atoms with E-state index < -0.39 is 32.2 Å². The summed E-state index contributed by atoms with van der Waals surface area (Å²) < 4.78 is 35.1. The molecule has 1 N–H and O–H groups in total. The Labute approximate surface area is 241 Å². The lowest BCUT2D eigenvalue weighted by Crippen LogP contribution is -2.67. The molecule has 2 rings (SSSR count). The third-order valence-electron chi connectivity index (χ3n) is 6.25. The highest BCUT2D eigenvalue weighted by Gasteiger charge is 2.50. The van der Waals surface area contributed by atoms with Gasteiger partial charge in [-0.1, -0.05) is 88.0 Å². The minimum atomic E-state index is -2.85. The standard InChI is InChI=1S/C31H47NO7Si/c1-24(20-32-29(33)39-30(2,3)4)28(37-23-35-9)27(36-22-34-8)21-38-40(31(5,6)7,25-16-12-10-13-17-25)26-18-14-11-15-19-26/h10-19,27-28H,1,20-23H2,2-9H3,(H,32,33)/t27-,28-/m1/s1. The third-order valence-corrected chi connectivity index (χ3v) is 11.2. The van der Waals surface area contributed by atoms with E-state index in [4.69, 9.17) is 28.1 Å². The highest BCUT2D eigenvalue weighted by Crippen LogP contribution is 2.37. The number of nitrogens with one attached hydrogen (secondary N) is 1. The maximum Gasteiger partial charge on any atom is 0.407 e. The molecule has 2 atom stereocenters. The van der Waals surface area contributed by atoms with Gasteiger partial charge in [-0.3, -0.25) is 0 Å². The van der Waals surface area contributed by atoms with Crippen LogP contribution < -0.4 is 15.7 Å². The van der Waals surface area contributed by atoms with Crippen molar-refractivity contribution in [3.05, 3.63) is 72.8 Å². The van der Waals surface area contributed by atoms with Crippen LogP contribution >= 0.6 is 0 Å². The number of ether oxygens (including phenoxy) is 5. The molecule has 0 aromatic heterocycles. The van der Waals surface area contributed by atoms with Gasteiger partial charge in [-0.25, -0.2) is 4.79 Å². The molecule has 9 heteroatoms. The van der Waals surface area contributed by atoms with Gasteiger partial charge < -0.3 is 33.4 Å². The summed E-state index contributed by atoms with van der Waals surface area (Å²) in [6, 6.07) is 20.7. The summed E-state index contributed by atoms with van der Waals surface area (Å²) in [6.07, 6.45) is -1.81. The Morgan fingerprint density at radius 2 is 1.35 bits per heavy atom. The zero-order valence-electron chi connectivity index (χ0n) is 25.3. The molecule has 0 spiro atoms. The fourth-order valence-corrected chi connectivity index (χ4v) is 9.15. The van der Waals surface area contributed by atoms with Gasteiger partial charge in [-0.15, -0.1) is 0 Å². The predicted octanol–water partition coefficient (Wildman–Crippen LogP) is 4.62. The summed E-state index contributed by atoms with van der Waals surface area (Å²) in [7, 11) is 0.250. The van der Waals surface area contributed by atoms with Crippen LogP contribution in [0.5, 0.6) is 0 Å². The number of methoxy groups -OCH3 is 2. The van der Waals surface area contributed by atoms with Gasteiger partial charge in [0.1, 0.15) is 31.4 Å². The molecule has 0 fully saturated rings. The topological polar surface area (TPSA) is 84.5 Å². The van der Waals surface area contributed by atoms with E-state index in [9.17, 15) is 4.79 Å². The molecule has 0 radical (unpaired) electrons. The van der Waals surface area contributed by atoms with Crippen LogP contribution in [-0.2, 0) is 28.1 Å². The molecule has 40 heavy (non-hydrogen) atoms. The van der Waals surface area contributed by atoms with Crippen LogP contribution in [0, 0.1) is 0 Å². The van der Waals surface area contributed by atoms with Gasteiger partial charge in [-0.2, -0.15) is 0 Å². The van der Waals surface area contributed by atoms with Crippen molar-refractivity contribution in [2.75, 3.05) is 41.0 Å². The van der Waals surface area contributed by atoms with Crippen molar-refractivity contribution in [3.8, 4) is 0 Å². The normalized spacial score (nSPS) is 13.9. The summed E-state index contributed by atoms with van der Waals surface area (Å²) in [5.41, 5.74) is -0.0412. The molecule has 0 saturated heterocycles. The van der Waals surface area contributed by atoms with Crippen LogP contribution in [0.3, 0.4) is 0 Å². The molecule has 0 saturated carbocycles. The van der Waals surface area contributed by atoms with Crippen molar-refractivity contribution in [3.63, 3.8) is 0 Å². The van der Waals surface area contributed by atoms with Gasteiger partial charge in [0.05, 0.1) is 6.61 Å². The molecular formula is C31H47NO7Si. The van der Waals surface area contributed by atoms with Crippen LogP contribution in [0.25, 0.3) is 0 Å². The van der Waals surface area contributed by atoms with Gasteiger partial charge in [0.25, 0.3) is 8.32 Å². The summed E-state index contributed by atoms with van der Waals surface area (Å²) in [4.78, 5) is 12.3. The molecule has 0 aliphatic rings. The first-order chi connectivity index (χ1) is 18.9. The zero-order valence-corrected chi connectivity index (χ0v) is 26.3. The Balaban J connectivity index is 2.43. The number of amides is 1. The number of hydrogen-bond donors (Lipinski definition) is 1. The van der Waals surface area contributed by atoms with Crippen molar-refractivity contribution < 1.29 is 32.9 Å². The van der Waals surface area contributed by atoms with Crippen molar-refractivity contribution in [1.82, 2.24) is 5.32 Å². The first-order valence-corrected chi connectivity index (χ1v) is 15.4. The zero-order chi connectivity index (χ0) is 29.8. The fourth-order valence-electron chi connectivity index (χ4n) is 4.58. The Morgan fingerprint density at radius 1 is 0.850 bits per heavy atom. The lowest BCUT2D eigenvalue weighted by molar-refractivity contribution is -0.155. The minimum Gasteiger partial charge on any atom is -0.444 e. The van der Waals surface area contributed by atoms with Crippen molar-refractivity contribution in [1.29, 1.82) is 0 Å². The lowest BCUT2D eigenvalue weighted by atomic mass is 10.1. The fraction of sp³-hybridized carbons (Fsp3) is 0.516. The van der Waals surface area contributed by atoms with E-state index in [0.717, 1.165) is 10.4 Å². The van der Waals surface area contributed by atoms with Gasteiger partial charge in [0.15, 0.2) is 0 Å². The molecule has 0 bridgehead atoms. The van der Waals surface area contributed by atoms with Crippen LogP contribution in [0.1, 0.15) is 41.5 Å². The molecular weight excluding hydrogens is 526 g/mol. The molecule has 8 nitrogen and oxygen atoms in total. The summed E-state index contributed by atoms with van der Waals surface area (Å²) >= 11 is 0. The smallest absolute Gasteiger partial charge is 0.407 e. The van der Waals surface area contributed by atoms with Crippen molar-refractivity contribution in [2.24, 2.45) is 0 Å². The maximum atomic E-state index is 12.3. The van der Waals surface area contributed by atoms with E-state index in [-0.39, 0.29) is 31.8 Å². The maximum absolute atomic E-state index is 12.3. The van der Waals surface area contributed by atoms with Gasteiger partial charge in [0.2, 0.25) is 0 Å². The quantitative estimate of drug-likeness (QED) is 0.189. The second-order valence-corrected chi connectivity index (χ2v) is 15.9. The number of benzene rings is 2. The highest BCUT2D eigenvalue weighted by molar-refractivity contribution is 6.99. The van der Waals surface area contributed by atoms with Gasteiger partial charge in [0, 0.05) is 20.8 Å². The summed E-state index contributed by atoms with van der Waals surface area (Å²) in [5, 5.41) is 4.84. The minimum absolute atomic E-state index is 0.00216. The largest absolute Gasteiger partial charge is 0.444 e. The SMILES string of the molecule is C=C(CNC(=O)OC(C)(C)C)[C@@H](OCOC)[C@@H](CO[Si](c1ccccc1)(c1ccccc1)C(C)(C)C)OCOC. The molecule has 222 valence electrons. The summed E-state index contributed by atoms with van der Waals surface area (Å²) in [5.74, 6) is 0. The monoisotopic (exact) mass is 573 g/mol. The van der Waals surface area contributed by atoms with Crippen molar-refractivity contribution in [2.45, 2.75) is 64.4 Å². The number of carbonyl (C=O) groups excluding carboxylic acids is 1. The van der Waals surface area contributed by atoms with Crippen LogP contribution in [0.2, 0.25) is 5.04 Å². The molecule has 2 aromatic rings. The number of hydrogen-bond acceptors (Lipinski definition) is 7.